The molecule has 0 bridgehead atoms. The largest absolute Gasteiger partial charge is 0.353 e. The predicted octanol–water partition coefficient (Wildman–Crippen LogP) is 2.40. The van der Waals surface area contributed by atoms with E-state index in [0.29, 0.717) is 19.4 Å². The molecule has 2 saturated heterocycles. The summed E-state index contributed by atoms with van der Waals surface area (Å²) in [6, 6.07) is 10.8. The lowest BCUT2D eigenvalue weighted by atomic mass is 9.97. The Balaban J connectivity index is 1.29. The molecule has 0 aliphatic carbocycles. The summed E-state index contributed by atoms with van der Waals surface area (Å²) in [7, 11) is -3.74. The second kappa shape index (κ2) is 10.1. The molecule has 1 amide bonds. The first-order valence-electron chi connectivity index (χ1n) is 11.1. The first kappa shape index (κ1) is 22.8. The number of pyridine rings is 1. The zero-order chi connectivity index (χ0) is 22.6. The standard InChI is InChI=1S/C23H29FN4O3S/c24-19-6-8-22(9-7-19)32(30,31)28-13-3-4-18(16-28)23(29)26-20-10-14-27(15-11-20)17-21-5-1-2-12-25-21/h1-2,5-9,12,18,20H,3-4,10-11,13-17H2,(H,26,29). The SMILES string of the molecule is O=C(NC1CCN(Cc2ccccn2)CC1)C1CCCN(S(=O)(=O)c2ccc(F)cc2)C1. The van der Waals surface area contributed by atoms with Crippen LogP contribution in [0.1, 0.15) is 31.4 Å². The molecule has 172 valence electrons. The summed E-state index contributed by atoms with van der Waals surface area (Å²) in [5.74, 6) is -0.927. The molecule has 2 fully saturated rings. The monoisotopic (exact) mass is 460 g/mol. The number of carbonyl (C=O) groups excluding carboxylic acids is 1. The summed E-state index contributed by atoms with van der Waals surface area (Å²) in [6.45, 7) is 3.11. The Labute approximate surface area is 188 Å². The number of hydrogen-bond donors (Lipinski definition) is 1. The molecular weight excluding hydrogens is 431 g/mol. The summed E-state index contributed by atoms with van der Waals surface area (Å²) in [5.41, 5.74) is 1.04. The third-order valence-electron chi connectivity index (χ3n) is 6.25. The highest BCUT2D eigenvalue weighted by Crippen LogP contribution is 2.24. The van der Waals surface area contributed by atoms with E-state index in [0.717, 1.165) is 50.3 Å². The van der Waals surface area contributed by atoms with Crippen molar-refractivity contribution in [2.75, 3.05) is 26.2 Å². The Morgan fingerprint density at radius 2 is 1.81 bits per heavy atom. The molecule has 1 N–H and O–H groups in total. The number of halogens is 1. The van der Waals surface area contributed by atoms with Gasteiger partial charge in [0.25, 0.3) is 0 Å². The van der Waals surface area contributed by atoms with Crippen molar-refractivity contribution in [1.29, 1.82) is 0 Å². The Morgan fingerprint density at radius 3 is 2.50 bits per heavy atom. The molecule has 0 radical (unpaired) electrons. The summed E-state index contributed by atoms with van der Waals surface area (Å²) < 4.78 is 40.3. The molecule has 1 aromatic heterocycles. The van der Waals surface area contributed by atoms with E-state index in [1.165, 1.54) is 16.4 Å². The number of sulfonamides is 1. The molecule has 0 saturated carbocycles. The van der Waals surface area contributed by atoms with Gasteiger partial charge in [0.1, 0.15) is 5.82 Å². The quantitative estimate of drug-likeness (QED) is 0.716. The Morgan fingerprint density at radius 1 is 1.06 bits per heavy atom. The highest BCUT2D eigenvalue weighted by atomic mass is 32.2. The van der Waals surface area contributed by atoms with E-state index in [9.17, 15) is 17.6 Å². The van der Waals surface area contributed by atoms with Crippen molar-refractivity contribution >= 4 is 15.9 Å². The van der Waals surface area contributed by atoms with Gasteiger partial charge in [-0.15, -0.1) is 0 Å². The fraction of sp³-hybridized carbons (Fsp3) is 0.478. The van der Waals surface area contributed by atoms with Crippen LogP contribution in [0.5, 0.6) is 0 Å². The van der Waals surface area contributed by atoms with Crippen LogP contribution in [0.25, 0.3) is 0 Å². The van der Waals surface area contributed by atoms with Crippen molar-refractivity contribution < 1.29 is 17.6 Å². The molecule has 2 aliphatic heterocycles. The van der Waals surface area contributed by atoms with Gasteiger partial charge in [-0.05, 0) is 62.1 Å². The lowest BCUT2D eigenvalue weighted by molar-refractivity contribution is -0.127. The maximum absolute atomic E-state index is 13.2. The average molecular weight is 461 g/mol. The van der Waals surface area contributed by atoms with Gasteiger partial charge in [0, 0.05) is 45.0 Å². The molecule has 1 atom stereocenters. The van der Waals surface area contributed by atoms with E-state index in [1.807, 2.05) is 18.2 Å². The van der Waals surface area contributed by atoms with Crippen molar-refractivity contribution in [3.63, 3.8) is 0 Å². The molecule has 1 aromatic carbocycles. The lowest BCUT2D eigenvalue weighted by Gasteiger charge is -2.35. The van der Waals surface area contributed by atoms with Crippen molar-refractivity contribution in [1.82, 2.24) is 19.5 Å². The third kappa shape index (κ3) is 5.51. The zero-order valence-electron chi connectivity index (χ0n) is 18.0. The zero-order valence-corrected chi connectivity index (χ0v) is 18.8. The molecule has 2 aliphatic rings. The second-order valence-electron chi connectivity index (χ2n) is 8.54. The van der Waals surface area contributed by atoms with Gasteiger partial charge in [0.2, 0.25) is 15.9 Å². The number of nitrogens with zero attached hydrogens (tertiary/aromatic N) is 3. The van der Waals surface area contributed by atoms with Crippen molar-refractivity contribution in [3.8, 4) is 0 Å². The van der Waals surface area contributed by atoms with Crippen molar-refractivity contribution in [3.05, 3.63) is 60.2 Å². The molecule has 1 unspecified atom stereocenters. The Kier molecular flexibility index (Phi) is 7.17. The maximum atomic E-state index is 13.2. The predicted molar refractivity (Wildman–Crippen MR) is 119 cm³/mol. The number of rotatable bonds is 6. The normalized spacial score (nSPS) is 21.3. The van der Waals surface area contributed by atoms with E-state index >= 15 is 0 Å². The van der Waals surface area contributed by atoms with Crippen LogP contribution >= 0.6 is 0 Å². The first-order chi connectivity index (χ1) is 15.4. The van der Waals surface area contributed by atoms with Crippen LogP contribution in [0.4, 0.5) is 4.39 Å². The van der Waals surface area contributed by atoms with Crippen LogP contribution in [0.15, 0.2) is 53.6 Å². The number of aromatic nitrogens is 1. The Bertz CT molecular complexity index is 1010. The van der Waals surface area contributed by atoms with Gasteiger partial charge in [0.05, 0.1) is 16.5 Å². The fourth-order valence-corrected chi connectivity index (χ4v) is 5.93. The highest BCUT2D eigenvalue weighted by molar-refractivity contribution is 7.89. The van der Waals surface area contributed by atoms with Crippen molar-refractivity contribution in [2.24, 2.45) is 5.92 Å². The second-order valence-corrected chi connectivity index (χ2v) is 10.5. The number of carbonyl (C=O) groups is 1. The van der Waals surface area contributed by atoms with Crippen molar-refractivity contribution in [2.45, 2.75) is 43.2 Å². The van der Waals surface area contributed by atoms with E-state index < -0.39 is 15.8 Å². The minimum Gasteiger partial charge on any atom is -0.353 e. The molecule has 9 heteroatoms. The average Bonchev–Trinajstić information content (AvgIpc) is 2.81. The van der Waals surface area contributed by atoms with E-state index in [-0.39, 0.29) is 29.3 Å². The van der Waals surface area contributed by atoms with Crippen LogP contribution in [0.2, 0.25) is 0 Å². The van der Waals surface area contributed by atoms with Gasteiger partial charge in [-0.2, -0.15) is 4.31 Å². The number of amides is 1. The Hall–Kier alpha value is -2.36. The summed E-state index contributed by atoms with van der Waals surface area (Å²) in [4.78, 5) is 19.6. The van der Waals surface area contributed by atoms with E-state index in [1.54, 1.807) is 6.20 Å². The fourth-order valence-electron chi connectivity index (χ4n) is 4.41. The summed E-state index contributed by atoms with van der Waals surface area (Å²) in [5, 5.41) is 3.14. The number of benzene rings is 1. The van der Waals surface area contributed by atoms with Crippen LogP contribution < -0.4 is 5.32 Å². The molecule has 7 nitrogen and oxygen atoms in total. The van der Waals surface area contributed by atoms with Gasteiger partial charge in [-0.1, -0.05) is 6.07 Å². The first-order valence-corrected chi connectivity index (χ1v) is 12.5. The van der Waals surface area contributed by atoms with E-state index in [2.05, 4.69) is 15.2 Å². The van der Waals surface area contributed by atoms with Gasteiger partial charge in [-0.3, -0.25) is 14.7 Å². The van der Waals surface area contributed by atoms with E-state index in [4.69, 9.17) is 0 Å². The number of hydrogen-bond acceptors (Lipinski definition) is 5. The molecule has 2 aromatic rings. The van der Waals surface area contributed by atoms with Gasteiger partial charge in [-0.25, -0.2) is 12.8 Å². The molecule has 3 heterocycles. The molecule has 4 rings (SSSR count). The number of piperidine rings is 2. The van der Waals surface area contributed by atoms with Gasteiger partial charge < -0.3 is 5.32 Å². The lowest BCUT2D eigenvalue weighted by Crippen LogP contribution is -2.50. The molecule has 32 heavy (non-hydrogen) atoms. The minimum absolute atomic E-state index is 0.0558. The number of nitrogens with one attached hydrogen (secondary N) is 1. The maximum Gasteiger partial charge on any atom is 0.243 e. The van der Waals surface area contributed by atoms with Gasteiger partial charge >= 0.3 is 0 Å². The van der Waals surface area contributed by atoms with Gasteiger partial charge in [0.15, 0.2) is 0 Å². The van der Waals surface area contributed by atoms with Crippen LogP contribution in [0, 0.1) is 11.7 Å². The highest BCUT2D eigenvalue weighted by Gasteiger charge is 2.34. The van der Waals surface area contributed by atoms with Crippen LogP contribution in [-0.2, 0) is 21.4 Å². The third-order valence-corrected chi connectivity index (χ3v) is 8.13. The molecular formula is C23H29FN4O3S. The topological polar surface area (TPSA) is 82.6 Å². The summed E-state index contributed by atoms with van der Waals surface area (Å²) in [6.07, 6.45) is 4.82. The summed E-state index contributed by atoms with van der Waals surface area (Å²) >= 11 is 0. The number of likely N-dealkylation sites (tertiary alicyclic amines) is 1. The smallest absolute Gasteiger partial charge is 0.243 e. The van der Waals surface area contributed by atoms with Crippen LogP contribution in [0.3, 0.4) is 0 Å². The minimum atomic E-state index is -3.74. The van der Waals surface area contributed by atoms with Crippen LogP contribution in [-0.4, -0.2) is 60.7 Å². The molecule has 0 spiro atoms.